The molecule has 1 aliphatic rings. The highest BCUT2D eigenvalue weighted by Crippen LogP contribution is 2.22. The molecule has 112 valence electrons. The van der Waals surface area contributed by atoms with Crippen LogP contribution in [0.2, 0.25) is 0 Å². The smallest absolute Gasteiger partial charge is 0.307 e. The highest BCUT2D eigenvalue weighted by Gasteiger charge is 2.24. The van der Waals surface area contributed by atoms with E-state index in [4.69, 9.17) is 4.74 Å². The number of esters is 1. The van der Waals surface area contributed by atoms with Gasteiger partial charge in [0.2, 0.25) is 5.91 Å². The van der Waals surface area contributed by atoms with Gasteiger partial charge >= 0.3 is 5.97 Å². The molecule has 0 radical (unpaired) electrons. The van der Waals surface area contributed by atoms with Gasteiger partial charge in [-0.05, 0) is 24.8 Å². The third-order valence-electron chi connectivity index (χ3n) is 3.76. The molecule has 0 saturated heterocycles. The lowest BCUT2D eigenvalue weighted by Gasteiger charge is -2.23. The van der Waals surface area contributed by atoms with E-state index in [9.17, 15) is 9.59 Å². The van der Waals surface area contributed by atoms with Crippen LogP contribution in [-0.4, -0.2) is 19.0 Å². The van der Waals surface area contributed by atoms with Gasteiger partial charge in [-0.1, -0.05) is 42.5 Å². The fourth-order valence-electron chi connectivity index (χ4n) is 2.51. The summed E-state index contributed by atoms with van der Waals surface area (Å²) in [6.07, 6.45) is 6.87. The molecule has 2 atom stereocenters. The Kier molecular flexibility index (Phi) is 5.55. The lowest BCUT2D eigenvalue weighted by molar-refractivity contribution is -0.141. The number of carbonyl (C=O) groups is 2. The van der Waals surface area contributed by atoms with Crippen molar-refractivity contribution < 1.29 is 14.3 Å². The van der Waals surface area contributed by atoms with Gasteiger partial charge in [-0.15, -0.1) is 0 Å². The molecule has 0 saturated carbocycles. The van der Waals surface area contributed by atoms with Crippen molar-refractivity contribution in [1.29, 1.82) is 0 Å². The van der Waals surface area contributed by atoms with Crippen molar-refractivity contribution in [3.63, 3.8) is 0 Å². The molecule has 0 fully saturated rings. The highest BCUT2D eigenvalue weighted by molar-refractivity contribution is 5.80. The molecule has 1 N–H and O–H groups in total. The van der Waals surface area contributed by atoms with Crippen molar-refractivity contribution in [3.05, 3.63) is 48.0 Å². The molecule has 21 heavy (non-hydrogen) atoms. The number of nitrogens with one attached hydrogen (secondary N) is 1. The van der Waals surface area contributed by atoms with E-state index in [1.807, 2.05) is 36.4 Å². The van der Waals surface area contributed by atoms with Gasteiger partial charge in [-0.25, -0.2) is 0 Å². The first-order valence-corrected chi connectivity index (χ1v) is 7.28. The van der Waals surface area contributed by atoms with Crippen LogP contribution in [-0.2, 0) is 14.3 Å². The number of ether oxygens (including phenoxy) is 1. The molecule has 0 heterocycles. The van der Waals surface area contributed by atoms with Gasteiger partial charge in [0.15, 0.2) is 0 Å². The minimum absolute atomic E-state index is 0.00106. The van der Waals surface area contributed by atoms with Gasteiger partial charge in [-0.2, -0.15) is 0 Å². The molecule has 2 rings (SSSR count). The summed E-state index contributed by atoms with van der Waals surface area (Å²) >= 11 is 0. The Morgan fingerprint density at radius 1 is 1.29 bits per heavy atom. The minimum Gasteiger partial charge on any atom is -0.469 e. The first-order chi connectivity index (χ1) is 10.2. The zero-order valence-electron chi connectivity index (χ0n) is 12.2. The molecule has 0 bridgehead atoms. The van der Waals surface area contributed by atoms with Crippen LogP contribution in [0.25, 0.3) is 0 Å². The van der Waals surface area contributed by atoms with E-state index in [0.717, 1.165) is 24.8 Å². The zero-order valence-corrected chi connectivity index (χ0v) is 12.2. The number of hydrogen-bond donors (Lipinski definition) is 1. The second kappa shape index (κ2) is 7.62. The minimum atomic E-state index is -0.336. The third-order valence-corrected chi connectivity index (χ3v) is 3.76. The third kappa shape index (κ3) is 4.45. The maximum absolute atomic E-state index is 12.4. The number of hydrogen-bond acceptors (Lipinski definition) is 3. The average Bonchev–Trinajstić information content (AvgIpc) is 2.55. The van der Waals surface area contributed by atoms with Crippen LogP contribution in [0, 0.1) is 5.92 Å². The average molecular weight is 287 g/mol. The molecule has 0 unspecified atom stereocenters. The van der Waals surface area contributed by atoms with Crippen molar-refractivity contribution in [2.45, 2.75) is 31.7 Å². The first-order valence-electron chi connectivity index (χ1n) is 7.28. The zero-order chi connectivity index (χ0) is 15.1. The fourth-order valence-corrected chi connectivity index (χ4v) is 2.51. The van der Waals surface area contributed by atoms with E-state index < -0.39 is 0 Å². The highest BCUT2D eigenvalue weighted by atomic mass is 16.5. The predicted molar refractivity (Wildman–Crippen MR) is 80.4 cm³/mol. The van der Waals surface area contributed by atoms with Crippen LogP contribution in [0.5, 0.6) is 0 Å². The molecule has 4 nitrogen and oxygen atoms in total. The number of benzene rings is 1. The lowest BCUT2D eigenvalue weighted by atomic mass is 9.92. The van der Waals surface area contributed by atoms with Crippen LogP contribution in [0.15, 0.2) is 42.5 Å². The number of rotatable bonds is 5. The van der Waals surface area contributed by atoms with Gasteiger partial charge in [0.1, 0.15) is 0 Å². The summed E-state index contributed by atoms with van der Waals surface area (Å²) in [6.45, 7) is 0. The molecular weight excluding hydrogens is 266 g/mol. The summed E-state index contributed by atoms with van der Waals surface area (Å²) in [6, 6.07) is 9.19. The molecule has 0 aliphatic heterocycles. The van der Waals surface area contributed by atoms with Gasteiger partial charge in [0.05, 0.1) is 19.6 Å². The van der Waals surface area contributed by atoms with E-state index in [0.29, 0.717) is 0 Å². The molecule has 0 spiro atoms. The van der Waals surface area contributed by atoms with E-state index in [-0.39, 0.29) is 30.3 Å². The predicted octanol–water partition coefficient (Wildman–Crippen LogP) is 2.76. The summed E-state index contributed by atoms with van der Waals surface area (Å²) in [5.74, 6) is -0.316. The Hall–Kier alpha value is -2.10. The normalized spacial score (nSPS) is 18.8. The lowest BCUT2D eigenvalue weighted by Crippen LogP contribution is -2.35. The monoisotopic (exact) mass is 287 g/mol. The second-order valence-electron chi connectivity index (χ2n) is 5.23. The van der Waals surface area contributed by atoms with Crippen molar-refractivity contribution in [2.75, 3.05) is 7.11 Å². The molecule has 1 aromatic rings. The Bertz CT molecular complexity index is 510. The number of methoxy groups -OCH3 is 1. The number of allylic oxidation sites excluding steroid dienone is 2. The number of amides is 1. The van der Waals surface area contributed by atoms with Gasteiger partial charge in [-0.3, -0.25) is 9.59 Å². The summed E-state index contributed by atoms with van der Waals surface area (Å²) in [5.41, 5.74) is 0.919. The Morgan fingerprint density at radius 3 is 2.67 bits per heavy atom. The van der Waals surface area contributed by atoms with E-state index >= 15 is 0 Å². The molecule has 1 amide bonds. The Balaban J connectivity index is 2.06. The number of carbonyl (C=O) groups excluding carboxylic acids is 2. The van der Waals surface area contributed by atoms with Crippen LogP contribution in [0.4, 0.5) is 0 Å². The summed E-state index contributed by atoms with van der Waals surface area (Å²) < 4.78 is 4.73. The van der Waals surface area contributed by atoms with E-state index in [2.05, 4.69) is 11.4 Å². The summed E-state index contributed by atoms with van der Waals surface area (Å²) in [7, 11) is 1.36. The second-order valence-corrected chi connectivity index (χ2v) is 5.23. The molecule has 4 heteroatoms. The van der Waals surface area contributed by atoms with Crippen molar-refractivity contribution in [2.24, 2.45) is 5.92 Å². The van der Waals surface area contributed by atoms with Gasteiger partial charge in [0.25, 0.3) is 0 Å². The van der Waals surface area contributed by atoms with Gasteiger partial charge < -0.3 is 10.1 Å². The molecule has 0 aromatic heterocycles. The quantitative estimate of drug-likeness (QED) is 0.669. The van der Waals surface area contributed by atoms with Crippen LogP contribution in [0.3, 0.4) is 0 Å². The van der Waals surface area contributed by atoms with E-state index in [1.165, 1.54) is 7.11 Å². The maximum Gasteiger partial charge on any atom is 0.307 e. The molecule has 1 aromatic carbocycles. The van der Waals surface area contributed by atoms with Crippen LogP contribution < -0.4 is 5.32 Å². The van der Waals surface area contributed by atoms with E-state index in [1.54, 1.807) is 0 Å². The summed E-state index contributed by atoms with van der Waals surface area (Å²) in [5, 5.41) is 2.99. The SMILES string of the molecule is COC(=O)C[C@@H](NC(=O)[C@H]1CC=CCC1)c1ccccc1. The maximum atomic E-state index is 12.4. The van der Waals surface area contributed by atoms with Crippen molar-refractivity contribution >= 4 is 11.9 Å². The Morgan fingerprint density at radius 2 is 2.05 bits per heavy atom. The Labute approximate surface area is 125 Å². The largest absolute Gasteiger partial charge is 0.469 e. The standard InChI is InChI=1S/C17H21NO3/c1-21-16(19)12-15(13-8-4-2-5-9-13)18-17(20)14-10-6-3-7-11-14/h2-6,8-9,14-15H,7,10-12H2,1H3,(H,18,20)/t14-,15+/m0/s1. The van der Waals surface area contributed by atoms with Crippen molar-refractivity contribution in [3.8, 4) is 0 Å². The topological polar surface area (TPSA) is 55.4 Å². The van der Waals surface area contributed by atoms with Gasteiger partial charge in [0, 0.05) is 5.92 Å². The fraction of sp³-hybridized carbons (Fsp3) is 0.412. The van der Waals surface area contributed by atoms with Crippen molar-refractivity contribution in [1.82, 2.24) is 5.32 Å². The molecular formula is C17H21NO3. The van der Waals surface area contributed by atoms with Crippen LogP contribution >= 0.6 is 0 Å². The molecule has 1 aliphatic carbocycles. The van der Waals surface area contributed by atoms with Crippen LogP contribution in [0.1, 0.15) is 37.3 Å². The first kappa shape index (κ1) is 15.3. The summed E-state index contributed by atoms with van der Waals surface area (Å²) in [4.78, 5) is 23.9.